The first-order valence-corrected chi connectivity index (χ1v) is 9.37. The lowest BCUT2D eigenvalue weighted by molar-refractivity contribution is -0.111. The van der Waals surface area contributed by atoms with Gasteiger partial charge in [0.25, 0.3) is 5.91 Å². The topological polar surface area (TPSA) is 81.4 Å². The predicted octanol–water partition coefficient (Wildman–Crippen LogP) is 3.63. The van der Waals surface area contributed by atoms with Crippen LogP contribution in [0.15, 0.2) is 30.3 Å². The molecule has 0 radical (unpaired) electrons. The van der Waals surface area contributed by atoms with Crippen LogP contribution in [0, 0.1) is 5.92 Å². The minimum atomic E-state index is -0.480. The summed E-state index contributed by atoms with van der Waals surface area (Å²) >= 11 is 1.47. The van der Waals surface area contributed by atoms with E-state index in [-0.39, 0.29) is 5.91 Å². The molecule has 1 atom stereocenters. The van der Waals surface area contributed by atoms with Crippen LogP contribution in [0.25, 0.3) is 6.08 Å². The number of ether oxygens (including phenoxy) is 1. The first kappa shape index (κ1) is 18.2. The van der Waals surface area contributed by atoms with Crippen LogP contribution in [0.2, 0.25) is 0 Å². The van der Waals surface area contributed by atoms with E-state index >= 15 is 0 Å². The fraction of sp³-hybridized carbons (Fsp3) is 0.300. The Balaban J connectivity index is 1.76. The lowest BCUT2D eigenvalue weighted by atomic mass is 9.88. The summed E-state index contributed by atoms with van der Waals surface area (Å²) in [7, 11) is 1.61. The molecule has 5 nitrogen and oxygen atoms in total. The summed E-state index contributed by atoms with van der Waals surface area (Å²) in [5.74, 6) is 0.581. The number of rotatable bonds is 5. The van der Waals surface area contributed by atoms with Crippen LogP contribution in [0.3, 0.4) is 0 Å². The van der Waals surface area contributed by atoms with E-state index in [1.165, 1.54) is 17.4 Å². The molecule has 2 amide bonds. The van der Waals surface area contributed by atoms with E-state index in [0.717, 1.165) is 41.0 Å². The highest BCUT2D eigenvalue weighted by molar-refractivity contribution is 7.17. The van der Waals surface area contributed by atoms with Gasteiger partial charge in [0, 0.05) is 11.0 Å². The molecular formula is C20H22N2O3S. The molecule has 26 heavy (non-hydrogen) atoms. The molecule has 6 heteroatoms. The Morgan fingerprint density at radius 1 is 1.31 bits per heavy atom. The molecule has 1 aliphatic carbocycles. The molecule has 136 valence electrons. The number of anilines is 1. The molecule has 3 N–H and O–H groups in total. The molecule has 0 bridgehead atoms. The third-order valence-corrected chi connectivity index (χ3v) is 5.71. The number of carbonyl (C=O) groups excluding carboxylic acids is 2. The molecule has 1 unspecified atom stereocenters. The molecule has 0 fully saturated rings. The van der Waals surface area contributed by atoms with E-state index in [9.17, 15) is 9.59 Å². The van der Waals surface area contributed by atoms with Gasteiger partial charge in [-0.25, -0.2) is 0 Å². The average Bonchev–Trinajstić information content (AvgIpc) is 2.97. The Bertz CT molecular complexity index is 853. The van der Waals surface area contributed by atoms with E-state index in [0.29, 0.717) is 16.5 Å². The highest BCUT2D eigenvalue weighted by atomic mass is 32.1. The van der Waals surface area contributed by atoms with E-state index in [1.807, 2.05) is 24.3 Å². The van der Waals surface area contributed by atoms with Gasteiger partial charge in [0.15, 0.2) is 0 Å². The second-order valence-corrected chi connectivity index (χ2v) is 7.62. The summed E-state index contributed by atoms with van der Waals surface area (Å²) in [6.07, 6.45) is 5.97. The highest BCUT2D eigenvalue weighted by Gasteiger charge is 2.26. The third kappa shape index (κ3) is 3.96. The number of methoxy groups -OCH3 is 1. The molecule has 1 aromatic heterocycles. The van der Waals surface area contributed by atoms with E-state index in [4.69, 9.17) is 10.5 Å². The van der Waals surface area contributed by atoms with Crippen LogP contribution in [-0.4, -0.2) is 18.9 Å². The maximum absolute atomic E-state index is 12.3. The Kier molecular flexibility index (Phi) is 5.42. The van der Waals surface area contributed by atoms with Crippen LogP contribution < -0.4 is 15.8 Å². The second kappa shape index (κ2) is 7.74. The summed E-state index contributed by atoms with van der Waals surface area (Å²) in [5, 5.41) is 3.38. The molecule has 0 aliphatic heterocycles. The molecule has 1 aromatic carbocycles. The van der Waals surface area contributed by atoms with Gasteiger partial charge in [0.2, 0.25) is 5.91 Å². The van der Waals surface area contributed by atoms with Gasteiger partial charge in [0.1, 0.15) is 10.8 Å². The molecule has 3 rings (SSSR count). The van der Waals surface area contributed by atoms with Gasteiger partial charge in [-0.15, -0.1) is 11.3 Å². The zero-order chi connectivity index (χ0) is 18.7. The van der Waals surface area contributed by atoms with Crippen molar-refractivity contribution in [3.63, 3.8) is 0 Å². The smallest absolute Gasteiger partial charge is 0.251 e. The number of amides is 2. The number of fused-ring (bicyclic) bond motifs is 1. The first-order chi connectivity index (χ1) is 12.5. The number of carbonyl (C=O) groups is 2. The van der Waals surface area contributed by atoms with Crippen LogP contribution in [0.1, 0.15) is 39.7 Å². The molecule has 0 spiro atoms. The standard InChI is InChI=1S/C20H22N2O3S/c1-12-3-9-15-16(11-12)26-20(18(15)19(21)24)22-17(23)10-6-13-4-7-14(25-2)8-5-13/h4-8,10,12H,3,9,11H2,1-2H3,(H2,21,24)(H,22,23)/b10-6+. The quantitative estimate of drug-likeness (QED) is 0.789. The van der Waals surface area contributed by atoms with Crippen LogP contribution in [0.5, 0.6) is 5.75 Å². The summed E-state index contributed by atoms with van der Waals surface area (Å²) in [4.78, 5) is 25.4. The number of thiophene rings is 1. The number of hydrogen-bond donors (Lipinski definition) is 2. The van der Waals surface area contributed by atoms with Crippen molar-refractivity contribution in [2.75, 3.05) is 12.4 Å². The summed E-state index contributed by atoms with van der Waals surface area (Å²) in [6.45, 7) is 2.20. The number of nitrogens with two attached hydrogens (primary N) is 1. The normalized spacial score (nSPS) is 16.3. The molecule has 1 heterocycles. The highest BCUT2D eigenvalue weighted by Crippen LogP contribution is 2.39. The largest absolute Gasteiger partial charge is 0.497 e. The van der Waals surface area contributed by atoms with Gasteiger partial charge in [-0.05, 0) is 54.5 Å². The maximum atomic E-state index is 12.3. The summed E-state index contributed by atoms with van der Waals surface area (Å²) < 4.78 is 5.11. The molecule has 2 aromatic rings. The minimum Gasteiger partial charge on any atom is -0.497 e. The lowest BCUT2D eigenvalue weighted by Gasteiger charge is -2.18. The van der Waals surface area contributed by atoms with E-state index < -0.39 is 5.91 Å². The lowest BCUT2D eigenvalue weighted by Crippen LogP contribution is -2.18. The van der Waals surface area contributed by atoms with Gasteiger partial charge in [-0.1, -0.05) is 19.1 Å². The fourth-order valence-electron chi connectivity index (χ4n) is 3.14. The first-order valence-electron chi connectivity index (χ1n) is 8.55. The number of nitrogens with one attached hydrogen (secondary N) is 1. The number of benzene rings is 1. The van der Waals surface area contributed by atoms with Gasteiger partial charge in [-0.2, -0.15) is 0 Å². The summed E-state index contributed by atoms with van der Waals surface area (Å²) in [6, 6.07) is 7.39. The average molecular weight is 370 g/mol. The predicted molar refractivity (Wildman–Crippen MR) is 105 cm³/mol. The Labute approximate surface area is 156 Å². The van der Waals surface area contributed by atoms with Crippen molar-refractivity contribution in [1.29, 1.82) is 0 Å². The van der Waals surface area contributed by atoms with Crippen molar-refractivity contribution >= 4 is 34.2 Å². The monoisotopic (exact) mass is 370 g/mol. The molecule has 0 saturated heterocycles. The number of primary amides is 1. The zero-order valence-corrected chi connectivity index (χ0v) is 15.7. The van der Waals surface area contributed by atoms with Crippen molar-refractivity contribution in [3.8, 4) is 5.75 Å². The van der Waals surface area contributed by atoms with Crippen molar-refractivity contribution in [3.05, 3.63) is 51.9 Å². The van der Waals surface area contributed by atoms with Crippen LogP contribution in [0.4, 0.5) is 5.00 Å². The molecule has 1 aliphatic rings. The van der Waals surface area contributed by atoms with Gasteiger partial charge >= 0.3 is 0 Å². The van der Waals surface area contributed by atoms with Crippen LogP contribution >= 0.6 is 11.3 Å². The maximum Gasteiger partial charge on any atom is 0.251 e. The SMILES string of the molecule is COc1ccc(/C=C/C(=O)Nc2sc3c(c2C(N)=O)CCC(C)C3)cc1. The number of hydrogen-bond acceptors (Lipinski definition) is 4. The van der Waals surface area contributed by atoms with Gasteiger partial charge in [-0.3, -0.25) is 9.59 Å². The van der Waals surface area contributed by atoms with Crippen molar-refractivity contribution < 1.29 is 14.3 Å². The minimum absolute atomic E-state index is 0.282. The molecule has 0 saturated carbocycles. The Morgan fingerprint density at radius 3 is 2.69 bits per heavy atom. The Morgan fingerprint density at radius 2 is 2.04 bits per heavy atom. The van der Waals surface area contributed by atoms with E-state index in [1.54, 1.807) is 13.2 Å². The van der Waals surface area contributed by atoms with Gasteiger partial charge < -0.3 is 15.8 Å². The van der Waals surface area contributed by atoms with Crippen molar-refractivity contribution in [1.82, 2.24) is 0 Å². The van der Waals surface area contributed by atoms with Crippen molar-refractivity contribution in [2.45, 2.75) is 26.2 Å². The third-order valence-electron chi connectivity index (χ3n) is 4.54. The van der Waals surface area contributed by atoms with Gasteiger partial charge in [0.05, 0.1) is 12.7 Å². The molecular weight excluding hydrogens is 348 g/mol. The fourth-order valence-corrected chi connectivity index (χ4v) is 4.56. The van der Waals surface area contributed by atoms with Crippen molar-refractivity contribution in [2.24, 2.45) is 11.7 Å². The van der Waals surface area contributed by atoms with Crippen LogP contribution in [-0.2, 0) is 17.6 Å². The second-order valence-electron chi connectivity index (χ2n) is 6.52. The zero-order valence-electron chi connectivity index (χ0n) is 14.9. The Hall–Kier alpha value is -2.60. The summed E-state index contributed by atoms with van der Waals surface area (Å²) in [5.41, 5.74) is 7.94. The van der Waals surface area contributed by atoms with E-state index in [2.05, 4.69) is 12.2 Å².